The van der Waals surface area contributed by atoms with Gasteiger partial charge in [0.2, 0.25) is 0 Å². The van der Waals surface area contributed by atoms with Crippen LogP contribution < -0.4 is 0 Å². The lowest BCUT2D eigenvalue weighted by molar-refractivity contribution is -0.159. The van der Waals surface area contributed by atoms with E-state index in [1.165, 1.54) is 36.1 Å². The fourth-order valence-corrected chi connectivity index (χ4v) is 2.85. The predicted octanol–water partition coefficient (Wildman–Crippen LogP) is 2.65. The van der Waals surface area contributed by atoms with Crippen LogP contribution in [0.1, 0.15) is 24.8 Å². The Kier molecular flexibility index (Phi) is 4.89. The molecule has 2 aromatic rings. The number of allylic oxidation sites excluding steroid dienone is 2. The number of carbonyl (C=O) groups is 2. The number of aliphatic carboxylic acids is 2. The van der Waals surface area contributed by atoms with Gasteiger partial charge in [0.15, 0.2) is 0 Å². The molecule has 0 fully saturated rings. The topological polar surface area (TPSA) is 92.4 Å². The second-order valence-corrected chi connectivity index (χ2v) is 5.15. The minimum atomic E-state index is -1.82. The van der Waals surface area contributed by atoms with Crippen LogP contribution in [0.4, 0.5) is 0 Å². The third-order valence-corrected chi connectivity index (χ3v) is 3.74. The van der Waals surface area contributed by atoms with Gasteiger partial charge in [-0.15, -0.1) is 0 Å². The number of rotatable bonds is 2. The van der Waals surface area contributed by atoms with Crippen LogP contribution in [0.5, 0.6) is 0 Å². The summed E-state index contributed by atoms with van der Waals surface area (Å²) >= 11 is 1.77. The maximum atomic E-state index is 9.10. The van der Waals surface area contributed by atoms with Crippen molar-refractivity contribution in [1.29, 1.82) is 0 Å². The largest absolute Gasteiger partial charge is 0.473 e. The van der Waals surface area contributed by atoms with E-state index >= 15 is 0 Å². The summed E-state index contributed by atoms with van der Waals surface area (Å²) in [4.78, 5) is 22.3. The molecule has 0 saturated carbocycles. The Morgan fingerprint density at radius 2 is 2.00 bits per heavy atom. The van der Waals surface area contributed by atoms with E-state index in [4.69, 9.17) is 19.8 Å². The minimum absolute atomic E-state index is 1.17. The Labute approximate surface area is 125 Å². The number of hydrogen-bond donors (Lipinski definition) is 2. The highest BCUT2D eigenvalue weighted by Gasteiger charge is 2.17. The molecule has 3 rings (SSSR count). The second-order valence-electron chi connectivity index (χ2n) is 4.37. The number of imidazole rings is 1. The molecule has 0 saturated heterocycles. The molecule has 0 radical (unpaired) electrons. The van der Waals surface area contributed by atoms with E-state index in [0.29, 0.717) is 0 Å². The lowest BCUT2D eigenvalue weighted by Crippen LogP contribution is -2.09. The quantitative estimate of drug-likeness (QED) is 0.832. The maximum Gasteiger partial charge on any atom is 0.414 e. The van der Waals surface area contributed by atoms with Crippen LogP contribution in [0.15, 0.2) is 35.5 Å². The summed E-state index contributed by atoms with van der Waals surface area (Å²) < 4.78 is 2.15. The van der Waals surface area contributed by atoms with E-state index in [2.05, 4.69) is 26.4 Å². The average Bonchev–Trinajstić information content (AvgIpc) is 3.20. The van der Waals surface area contributed by atoms with E-state index in [-0.39, 0.29) is 0 Å². The van der Waals surface area contributed by atoms with Gasteiger partial charge < -0.3 is 14.8 Å². The van der Waals surface area contributed by atoms with Crippen molar-refractivity contribution in [3.63, 3.8) is 0 Å². The van der Waals surface area contributed by atoms with Crippen molar-refractivity contribution in [3.05, 3.63) is 41.1 Å². The smallest absolute Gasteiger partial charge is 0.414 e. The summed E-state index contributed by atoms with van der Waals surface area (Å²) in [5, 5.41) is 19.2. The third kappa shape index (κ3) is 3.79. The number of carboxylic acids is 2. The summed E-state index contributed by atoms with van der Waals surface area (Å²) in [5.74, 6) is -3.65. The van der Waals surface area contributed by atoms with Gasteiger partial charge >= 0.3 is 11.9 Å². The van der Waals surface area contributed by atoms with Crippen LogP contribution in [0, 0.1) is 0 Å². The molecule has 2 aromatic heterocycles. The van der Waals surface area contributed by atoms with Gasteiger partial charge in [0, 0.05) is 18.1 Å². The summed E-state index contributed by atoms with van der Waals surface area (Å²) in [6.45, 7) is 0. The molecule has 7 heteroatoms. The first-order valence-electron chi connectivity index (χ1n) is 6.28. The lowest BCUT2D eigenvalue weighted by atomic mass is 10.1. The van der Waals surface area contributed by atoms with Gasteiger partial charge in [0.1, 0.15) is 0 Å². The molecular formula is C14H14N2O4S. The van der Waals surface area contributed by atoms with Gasteiger partial charge in [-0.2, -0.15) is 11.3 Å². The van der Waals surface area contributed by atoms with Crippen molar-refractivity contribution in [2.45, 2.75) is 19.3 Å². The normalized spacial score (nSPS) is 13.7. The fourth-order valence-electron chi connectivity index (χ4n) is 2.18. The molecule has 0 spiro atoms. The summed E-state index contributed by atoms with van der Waals surface area (Å²) in [6.07, 6.45) is 9.40. The number of aromatic nitrogens is 2. The molecule has 1 aliphatic rings. The number of carboxylic acid groups (broad SMARTS) is 2. The van der Waals surface area contributed by atoms with Crippen LogP contribution >= 0.6 is 11.3 Å². The molecular weight excluding hydrogens is 292 g/mol. The molecule has 2 heterocycles. The van der Waals surface area contributed by atoms with Crippen LogP contribution in [0.2, 0.25) is 0 Å². The zero-order valence-corrected chi connectivity index (χ0v) is 11.9. The van der Waals surface area contributed by atoms with Gasteiger partial charge in [-0.3, -0.25) is 0 Å². The Hall–Kier alpha value is -2.41. The minimum Gasteiger partial charge on any atom is -0.473 e. The molecule has 0 bridgehead atoms. The zero-order chi connectivity index (χ0) is 15.2. The molecule has 6 nitrogen and oxygen atoms in total. The third-order valence-electron chi connectivity index (χ3n) is 3.06. The molecule has 0 aromatic carbocycles. The molecule has 1 aliphatic carbocycles. The molecule has 0 unspecified atom stereocenters. The zero-order valence-electron chi connectivity index (χ0n) is 11.1. The Morgan fingerprint density at radius 3 is 2.52 bits per heavy atom. The Morgan fingerprint density at radius 1 is 1.24 bits per heavy atom. The highest BCUT2D eigenvalue weighted by Crippen LogP contribution is 2.37. The van der Waals surface area contributed by atoms with Crippen molar-refractivity contribution < 1.29 is 19.8 Å². The average molecular weight is 306 g/mol. The van der Waals surface area contributed by atoms with Crippen molar-refractivity contribution in [1.82, 2.24) is 9.55 Å². The number of nitrogens with zero attached hydrogens (tertiary/aromatic N) is 2. The lowest BCUT2D eigenvalue weighted by Gasteiger charge is -2.06. The monoisotopic (exact) mass is 306 g/mol. The van der Waals surface area contributed by atoms with E-state index in [0.717, 1.165) is 0 Å². The first-order valence-corrected chi connectivity index (χ1v) is 7.23. The molecule has 110 valence electrons. The Bertz CT molecular complexity index is 588. The summed E-state index contributed by atoms with van der Waals surface area (Å²) in [6, 6.07) is 2.21. The second kappa shape index (κ2) is 6.85. The molecule has 21 heavy (non-hydrogen) atoms. The fraction of sp³-hybridized carbons (Fsp3) is 0.214. The van der Waals surface area contributed by atoms with Gasteiger partial charge in [-0.1, -0.05) is 0 Å². The van der Waals surface area contributed by atoms with E-state index in [9.17, 15) is 0 Å². The summed E-state index contributed by atoms with van der Waals surface area (Å²) in [7, 11) is 0. The number of hydrogen-bond acceptors (Lipinski definition) is 4. The van der Waals surface area contributed by atoms with Gasteiger partial charge in [-0.25, -0.2) is 14.6 Å². The standard InChI is InChI=1S/C12H12N2S.C2H2O4/c1-2-11(10-4-7-15-8-10)12(3-1)14-6-5-13-9-14;3-1(4)2(5)6/h4-9H,1-3H2;(H,3,4)(H,5,6). The highest BCUT2D eigenvalue weighted by molar-refractivity contribution is 7.08. The maximum absolute atomic E-state index is 9.10. The Balaban J connectivity index is 0.000000232. The van der Waals surface area contributed by atoms with Crippen LogP contribution in [-0.4, -0.2) is 31.7 Å². The molecule has 0 aliphatic heterocycles. The van der Waals surface area contributed by atoms with Crippen LogP contribution in [0.25, 0.3) is 11.3 Å². The van der Waals surface area contributed by atoms with E-state index in [1.807, 2.05) is 18.7 Å². The van der Waals surface area contributed by atoms with Crippen molar-refractivity contribution in [2.24, 2.45) is 0 Å². The summed E-state index contributed by atoms with van der Waals surface area (Å²) in [5.41, 5.74) is 4.31. The SMILES string of the molecule is O=C(O)C(=O)O.c1cn(C2=C(c3ccsc3)CCC2)cn1. The van der Waals surface area contributed by atoms with E-state index in [1.54, 1.807) is 11.3 Å². The first kappa shape index (κ1) is 15.0. The molecule has 0 amide bonds. The van der Waals surface area contributed by atoms with Gasteiger partial charge in [-0.05, 0) is 47.2 Å². The van der Waals surface area contributed by atoms with E-state index < -0.39 is 11.9 Å². The van der Waals surface area contributed by atoms with Crippen LogP contribution in [0.3, 0.4) is 0 Å². The van der Waals surface area contributed by atoms with Crippen molar-refractivity contribution >= 4 is 34.5 Å². The number of thiophene rings is 1. The van der Waals surface area contributed by atoms with Gasteiger partial charge in [0.05, 0.1) is 6.33 Å². The molecule has 0 atom stereocenters. The molecule has 2 N–H and O–H groups in total. The highest BCUT2D eigenvalue weighted by atomic mass is 32.1. The predicted molar refractivity (Wildman–Crippen MR) is 78.8 cm³/mol. The van der Waals surface area contributed by atoms with Crippen LogP contribution in [-0.2, 0) is 9.59 Å². The van der Waals surface area contributed by atoms with Gasteiger partial charge in [0.25, 0.3) is 0 Å². The first-order chi connectivity index (χ1) is 10.1. The van der Waals surface area contributed by atoms with Crippen molar-refractivity contribution in [2.75, 3.05) is 0 Å². The van der Waals surface area contributed by atoms with Crippen molar-refractivity contribution in [3.8, 4) is 0 Å².